The van der Waals surface area contributed by atoms with E-state index in [2.05, 4.69) is 5.32 Å². The first-order chi connectivity index (χ1) is 11.2. The molecule has 1 unspecified atom stereocenters. The molecule has 1 heterocycles. The SMILES string of the molecule is O=C(OC(C(=O)NC1CCCC1)c1ccccc1)c1cccs1. The number of thiophene rings is 1. The molecule has 1 atom stereocenters. The van der Waals surface area contributed by atoms with E-state index in [9.17, 15) is 9.59 Å². The Kier molecular flexibility index (Phi) is 5.08. The van der Waals surface area contributed by atoms with Gasteiger partial charge in [0.25, 0.3) is 5.91 Å². The average molecular weight is 329 g/mol. The van der Waals surface area contributed by atoms with Gasteiger partial charge in [-0.2, -0.15) is 0 Å². The zero-order valence-electron chi connectivity index (χ0n) is 12.7. The van der Waals surface area contributed by atoms with Gasteiger partial charge < -0.3 is 10.1 Å². The Balaban J connectivity index is 1.76. The van der Waals surface area contributed by atoms with E-state index in [1.807, 2.05) is 23.6 Å². The van der Waals surface area contributed by atoms with Gasteiger partial charge in [0.05, 0.1) is 0 Å². The van der Waals surface area contributed by atoms with Gasteiger partial charge in [0, 0.05) is 11.6 Å². The van der Waals surface area contributed by atoms with Crippen LogP contribution in [0.15, 0.2) is 47.8 Å². The summed E-state index contributed by atoms with van der Waals surface area (Å²) in [7, 11) is 0. The summed E-state index contributed by atoms with van der Waals surface area (Å²) in [5.41, 5.74) is 0.688. The van der Waals surface area contributed by atoms with Crippen LogP contribution in [0.4, 0.5) is 0 Å². The summed E-state index contributed by atoms with van der Waals surface area (Å²) in [6.45, 7) is 0. The van der Waals surface area contributed by atoms with Crippen LogP contribution in [0.1, 0.15) is 47.0 Å². The van der Waals surface area contributed by atoms with E-state index < -0.39 is 12.1 Å². The molecule has 1 fully saturated rings. The molecular formula is C18H19NO3S. The topological polar surface area (TPSA) is 55.4 Å². The molecule has 120 valence electrons. The molecule has 1 aliphatic rings. The van der Waals surface area contributed by atoms with Crippen molar-refractivity contribution in [2.45, 2.75) is 37.8 Å². The number of carbonyl (C=O) groups excluding carboxylic acids is 2. The van der Waals surface area contributed by atoms with Crippen molar-refractivity contribution in [1.82, 2.24) is 5.32 Å². The fourth-order valence-electron chi connectivity index (χ4n) is 2.81. The maximum absolute atomic E-state index is 12.6. The van der Waals surface area contributed by atoms with Crippen molar-refractivity contribution in [1.29, 1.82) is 0 Å². The number of rotatable bonds is 5. The number of carbonyl (C=O) groups is 2. The van der Waals surface area contributed by atoms with Crippen LogP contribution in [0.5, 0.6) is 0 Å². The van der Waals surface area contributed by atoms with E-state index in [0.717, 1.165) is 25.7 Å². The van der Waals surface area contributed by atoms with E-state index in [1.165, 1.54) is 11.3 Å². The van der Waals surface area contributed by atoms with Gasteiger partial charge in [-0.25, -0.2) is 4.79 Å². The number of amides is 1. The molecule has 1 aliphatic carbocycles. The second kappa shape index (κ2) is 7.42. The number of esters is 1. The molecule has 23 heavy (non-hydrogen) atoms. The minimum absolute atomic E-state index is 0.189. The lowest BCUT2D eigenvalue weighted by Crippen LogP contribution is -2.38. The van der Waals surface area contributed by atoms with Crippen LogP contribution < -0.4 is 5.32 Å². The molecule has 0 aliphatic heterocycles. The minimum atomic E-state index is -0.911. The van der Waals surface area contributed by atoms with Crippen LogP contribution in [0.3, 0.4) is 0 Å². The minimum Gasteiger partial charge on any atom is -0.443 e. The smallest absolute Gasteiger partial charge is 0.349 e. The zero-order chi connectivity index (χ0) is 16.1. The van der Waals surface area contributed by atoms with E-state index in [4.69, 9.17) is 4.74 Å². The fourth-order valence-corrected chi connectivity index (χ4v) is 3.41. The molecule has 1 N–H and O–H groups in total. The molecular weight excluding hydrogens is 310 g/mol. The molecule has 0 spiro atoms. The fraction of sp³-hybridized carbons (Fsp3) is 0.333. The average Bonchev–Trinajstić information content (AvgIpc) is 3.26. The van der Waals surface area contributed by atoms with Crippen molar-refractivity contribution >= 4 is 23.2 Å². The second-order valence-electron chi connectivity index (χ2n) is 5.66. The highest BCUT2D eigenvalue weighted by Crippen LogP contribution is 2.23. The summed E-state index contributed by atoms with van der Waals surface area (Å²) in [6, 6.07) is 12.8. The first kappa shape index (κ1) is 15.7. The van der Waals surface area contributed by atoms with Crippen molar-refractivity contribution in [3.8, 4) is 0 Å². The summed E-state index contributed by atoms with van der Waals surface area (Å²) in [6.07, 6.45) is 3.34. The highest BCUT2D eigenvalue weighted by Gasteiger charge is 2.28. The van der Waals surface area contributed by atoms with Gasteiger partial charge in [0.1, 0.15) is 4.88 Å². The molecule has 0 bridgehead atoms. The number of nitrogens with one attached hydrogen (secondary N) is 1. The van der Waals surface area contributed by atoms with Gasteiger partial charge in [-0.3, -0.25) is 4.79 Å². The van der Waals surface area contributed by atoms with Gasteiger partial charge >= 0.3 is 5.97 Å². The first-order valence-electron chi connectivity index (χ1n) is 7.84. The summed E-state index contributed by atoms with van der Waals surface area (Å²) in [5, 5.41) is 4.83. The van der Waals surface area contributed by atoms with E-state index >= 15 is 0 Å². The van der Waals surface area contributed by atoms with Gasteiger partial charge in [0.2, 0.25) is 6.10 Å². The molecule has 1 amide bonds. The maximum Gasteiger partial charge on any atom is 0.349 e. The first-order valence-corrected chi connectivity index (χ1v) is 8.72. The van der Waals surface area contributed by atoms with Crippen LogP contribution in [0, 0.1) is 0 Å². The van der Waals surface area contributed by atoms with Gasteiger partial charge in [-0.1, -0.05) is 49.2 Å². The lowest BCUT2D eigenvalue weighted by atomic mass is 10.1. The Hall–Kier alpha value is -2.14. The van der Waals surface area contributed by atoms with Crippen LogP contribution in [-0.4, -0.2) is 17.9 Å². The summed E-state index contributed by atoms with van der Waals surface area (Å²) < 4.78 is 5.51. The van der Waals surface area contributed by atoms with E-state index in [0.29, 0.717) is 10.4 Å². The highest BCUT2D eigenvalue weighted by atomic mass is 32.1. The number of hydrogen-bond acceptors (Lipinski definition) is 4. The second-order valence-corrected chi connectivity index (χ2v) is 6.61. The Morgan fingerprint density at radius 1 is 1.09 bits per heavy atom. The Labute approximate surface area is 139 Å². The van der Waals surface area contributed by atoms with Crippen LogP contribution >= 0.6 is 11.3 Å². The van der Waals surface area contributed by atoms with Gasteiger partial charge in [0.15, 0.2) is 0 Å². The van der Waals surface area contributed by atoms with Gasteiger partial charge in [-0.15, -0.1) is 11.3 Å². The molecule has 2 aromatic rings. The third-order valence-corrected chi connectivity index (χ3v) is 4.84. The highest BCUT2D eigenvalue weighted by molar-refractivity contribution is 7.11. The van der Waals surface area contributed by atoms with Crippen LogP contribution in [0.2, 0.25) is 0 Å². The van der Waals surface area contributed by atoms with Crippen molar-refractivity contribution in [3.63, 3.8) is 0 Å². The third-order valence-electron chi connectivity index (χ3n) is 3.99. The molecule has 1 aromatic heterocycles. The van der Waals surface area contributed by atoms with Crippen molar-refractivity contribution in [2.24, 2.45) is 0 Å². The molecule has 0 saturated heterocycles. The van der Waals surface area contributed by atoms with Crippen molar-refractivity contribution in [2.75, 3.05) is 0 Å². The van der Waals surface area contributed by atoms with E-state index in [-0.39, 0.29) is 11.9 Å². The van der Waals surface area contributed by atoms with E-state index in [1.54, 1.807) is 24.3 Å². The van der Waals surface area contributed by atoms with Crippen LogP contribution in [0.25, 0.3) is 0 Å². The third kappa shape index (κ3) is 3.99. The number of hydrogen-bond donors (Lipinski definition) is 1. The monoisotopic (exact) mass is 329 g/mol. The molecule has 5 heteroatoms. The molecule has 0 radical (unpaired) electrons. The Morgan fingerprint density at radius 3 is 2.48 bits per heavy atom. The predicted molar refractivity (Wildman–Crippen MR) is 89.3 cm³/mol. The standard InChI is InChI=1S/C18H19NO3S/c20-17(19-14-9-4-5-10-14)16(13-7-2-1-3-8-13)22-18(21)15-11-6-12-23-15/h1-3,6-8,11-12,14,16H,4-5,9-10H2,(H,19,20). The quantitative estimate of drug-likeness (QED) is 0.851. The molecule has 1 saturated carbocycles. The van der Waals surface area contributed by atoms with Gasteiger partial charge in [-0.05, 0) is 24.3 Å². The summed E-state index contributed by atoms with van der Waals surface area (Å²) >= 11 is 1.31. The Morgan fingerprint density at radius 2 is 1.83 bits per heavy atom. The zero-order valence-corrected chi connectivity index (χ0v) is 13.6. The molecule has 4 nitrogen and oxygen atoms in total. The normalized spacial score (nSPS) is 16.0. The largest absolute Gasteiger partial charge is 0.443 e. The van der Waals surface area contributed by atoms with Crippen molar-refractivity contribution < 1.29 is 14.3 Å². The molecule has 1 aromatic carbocycles. The number of benzene rings is 1. The lowest BCUT2D eigenvalue weighted by Gasteiger charge is -2.20. The molecule has 3 rings (SSSR count). The van der Waals surface area contributed by atoms with Crippen LogP contribution in [-0.2, 0) is 9.53 Å². The predicted octanol–water partition coefficient (Wildman–Crippen LogP) is 3.71. The maximum atomic E-state index is 12.6. The summed E-state index contributed by atoms with van der Waals surface area (Å²) in [5.74, 6) is -0.705. The lowest BCUT2D eigenvalue weighted by molar-refractivity contribution is -0.131. The van der Waals surface area contributed by atoms with Crippen molar-refractivity contribution in [3.05, 3.63) is 58.3 Å². The Bertz CT molecular complexity index is 648. The summed E-state index contributed by atoms with van der Waals surface area (Å²) in [4.78, 5) is 25.4. The number of ether oxygens (including phenoxy) is 1.